The SMILES string of the molecule is C/C(=C\c1cccc(C(F)(F)F)c1Cl)C(=O)O. The van der Waals surface area contributed by atoms with Crippen molar-refractivity contribution in [3.05, 3.63) is 39.9 Å². The van der Waals surface area contributed by atoms with Crippen molar-refractivity contribution in [1.29, 1.82) is 0 Å². The zero-order valence-electron chi connectivity index (χ0n) is 8.68. The number of hydrogen-bond acceptors (Lipinski definition) is 1. The summed E-state index contributed by atoms with van der Waals surface area (Å²) < 4.78 is 37.5. The van der Waals surface area contributed by atoms with Crippen LogP contribution in [0.2, 0.25) is 5.02 Å². The standard InChI is InChI=1S/C11H8ClF3O2/c1-6(10(16)17)5-7-3-2-4-8(9(7)12)11(13,14)15/h2-5H,1H3,(H,16,17)/b6-5+. The third-order valence-electron chi connectivity index (χ3n) is 2.04. The van der Waals surface area contributed by atoms with Crippen molar-refractivity contribution in [1.82, 2.24) is 0 Å². The molecule has 1 N–H and O–H groups in total. The number of hydrogen-bond donors (Lipinski definition) is 1. The van der Waals surface area contributed by atoms with Crippen LogP contribution >= 0.6 is 11.6 Å². The summed E-state index contributed by atoms with van der Waals surface area (Å²) in [6.07, 6.45) is -3.46. The minimum atomic E-state index is -4.56. The molecular weight excluding hydrogens is 257 g/mol. The second-order valence-electron chi connectivity index (χ2n) is 3.34. The molecule has 0 fully saturated rings. The number of carboxylic acid groups (broad SMARTS) is 1. The second kappa shape index (κ2) is 4.79. The van der Waals surface area contributed by atoms with Crippen LogP contribution in [0.5, 0.6) is 0 Å². The largest absolute Gasteiger partial charge is 0.478 e. The van der Waals surface area contributed by atoms with E-state index >= 15 is 0 Å². The summed E-state index contributed by atoms with van der Waals surface area (Å²) in [5.41, 5.74) is -1.04. The number of carbonyl (C=O) groups is 1. The molecule has 0 atom stereocenters. The Balaban J connectivity index is 3.30. The van der Waals surface area contributed by atoms with Crippen molar-refractivity contribution in [2.24, 2.45) is 0 Å². The fraction of sp³-hybridized carbons (Fsp3) is 0.182. The molecule has 0 saturated carbocycles. The smallest absolute Gasteiger partial charge is 0.417 e. The summed E-state index contributed by atoms with van der Waals surface area (Å²) in [6.45, 7) is 1.28. The minimum Gasteiger partial charge on any atom is -0.478 e. The van der Waals surface area contributed by atoms with Gasteiger partial charge in [-0.2, -0.15) is 13.2 Å². The highest BCUT2D eigenvalue weighted by atomic mass is 35.5. The van der Waals surface area contributed by atoms with Crippen molar-refractivity contribution < 1.29 is 23.1 Å². The van der Waals surface area contributed by atoms with E-state index in [4.69, 9.17) is 16.7 Å². The van der Waals surface area contributed by atoms with Crippen molar-refractivity contribution >= 4 is 23.6 Å². The first-order chi connectivity index (χ1) is 7.73. The van der Waals surface area contributed by atoms with Crippen LogP contribution in [0.1, 0.15) is 18.1 Å². The molecule has 1 aromatic rings. The number of carboxylic acids is 1. The lowest BCUT2D eigenvalue weighted by Crippen LogP contribution is -2.06. The molecule has 0 aliphatic carbocycles. The van der Waals surface area contributed by atoms with Gasteiger partial charge in [0.05, 0.1) is 10.6 Å². The third-order valence-corrected chi connectivity index (χ3v) is 2.47. The molecule has 6 heteroatoms. The Kier molecular flexibility index (Phi) is 3.83. The summed E-state index contributed by atoms with van der Waals surface area (Å²) in [5.74, 6) is -1.21. The van der Waals surface area contributed by atoms with Crippen LogP contribution in [0.25, 0.3) is 6.08 Å². The van der Waals surface area contributed by atoms with E-state index in [1.807, 2.05) is 0 Å². The Hall–Kier alpha value is -1.49. The summed E-state index contributed by atoms with van der Waals surface area (Å²) in [4.78, 5) is 10.6. The van der Waals surface area contributed by atoms with E-state index in [9.17, 15) is 18.0 Å². The van der Waals surface area contributed by atoms with Gasteiger partial charge in [0.15, 0.2) is 0 Å². The highest BCUT2D eigenvalue weighted by molar-refractivity contribution is 6.33. The molecule has 0 spiro atoms. The van der Waals surface area contributed by atoms with Crippen LogP contribution in [-0.2, 0) is 11.0 Å². The monoisotopic (exact) mass is 264 g/mol. The van der Waals surface area contributed by atoms with Gasteiger partial charge in [-0.05, 0) is 24.6 Å². The molecule has 0 aromatic heterocycles. The summed E-state index contributed by atoms with van der Waals surface area (Å²) in [6, 6.07) is 3.34. The summed E-state index contributed by atoms with van der Waals surface area (Å²) >= 11 is 5.58. The van der Waals surface area contributed by atoms with E-state index in [1.54, 1.807) is 0 Å². The lowest BCUT2D eigenvalue weighted by molar-refractivity contribution is -0.137. The van der Waals surface area contributed by atoms with Gasteiger partial charge in [0, 0.05) is 5.57 Å². The molecule has 0 unspecified atom stereocenters. The first kappa shape index (κ1) is 13.6. The van der Waals surface area contributed by atoms with Crippen LogP contribution in [-0.4, -0.2) is 11.1 Å². The zero-order valence-corrected chi connectivity index (χ0v) is 9.43. The Morgan fingerprint density at radius 2 is 2.00 bits per heavy atom. The van der Waals surface area contributed by atoms with E-state index in [2.05, 4.69) is 0 Å². The summed E-state index contributed by atoms with van der Waals surface area (Å²) in [5, 5.41) is 8.13. The van der Waals surface area contributed by atoms with E-state index in [-0.39, 0.29) is 11.1 Å². The maximum absolute atomic E-state index is 12.5. The first-order valence-electron chi connectivity index (χ1n) is 4.51. The van der Waals surface area contributed by atoms with Gasteiger partial charge in [-0.3, -0.25) is 0 Å². The van der Waals surface area contributed by atoms with E-state index in [0.29, 0.717) is 0 Å². The average Bonchev–Trinajstić information content (AvgIpc) is 2.19. The van der Waals surface area contributed by atoms with Crippen molar-refractivity contribution in [2.75, 3.05) is 0 Å². The average molecular weight is 265 g/mol. The van der Waals surface area contributed by atoms with Gasteiger partial charge < -0.3 is 5.11 Å². The van der Waals surface area contributed by atoms with Crippen LogP contribution < -0.4 is 0 Å². The lowest BCUT2D eigenvalue weighted by atomic mass is 10.1. The molecule has 0 saturated heterocycles. The Morgan fingerprint density at radius 3 is 2.47 bits per heavy atom. The minimum absolute atomic E-state index is 0.0291. The van der Waals surface area contributed by atoms with Crippen LogP contribution in [0, 0.1) is 0 Å². The quantitative estimate of drug-likeness (QED) is 0.824. The van der Waals surface area contributed by atoms with Gasteiger partial charge in [-0.25, -0.2) is 4.79 Å². The topological polar surface area (TPSA) is 37.3 Å². The van der Waals surface area contributed by atoms with Gasteiger partial charge in [-0.1, -0.05) is 23.7 Å². The van der Waals surface area contributed by atoms with Crippen molar-refractivity contribution in [3.8, 4) is 0 Å². The van der Waals surface area contributed by atoms with Crippen LogP contribution in [0.15, 0.2) is 23.8 Å². The number of halogens is 4. The van der Waals surface area contributed by atoms with E-state index in [0.717, 1.165) is 12.1 Å². The lowest BCUT2D eigenvalue weighted by Gasteiger charge is -2.10. The molecule has 92 valence electrons. The molecule has 0 aliphatic heterocycles. The van der Waals surface area contributed by atoms with Gasteiger partial charge in [-0.15, -0.1) is 0 Å². The van der Waals surface area contributed by atoms with Crippen molar-refractivity contribution in [3.63, 3.8) is 0 Å². The molecule has 1 aromatic carbocycles. The first-order valence-corrected chi connectivity index (χ1v) is 4.88. The van der Waals surface area contributed by atoms with Crippen LogP contribution in [0.4, 0.5) is 13.2 Å². The predicted octanol–water partition coefficient (Wildman–Crippen LogP) is 3.85. The fourth-order valence-corrected chi connectivity index (χ4v) is 1.46. The maximum Gasteiger partial charge on any atom is 0.417 e. The van der Waals surface area contributed by atoms with Crippen molar-refractivity contribution in [2.45, 2.75) is 13.1 Å². The molecule has 0 heterocycles. The number of benzene rings is 1. The highest BCUT2D eigenvalue weighted by Gasteiger charge is 2.33. The predicted molar refractivity (Wildman–Crippen MR) is 57.7 cm³/mol. The Bertz CT molecular complexity index is 478. The van der Waals surface area contributed by atoms with Gasteiger partial charge >= 0.3 is 12.1 Å². The maximum atomic E-state index is 12.5. The molecule has 0 radical (unpaired) electrons. The second-order valence-corrected chi connectivity index (χ2v) is 3.72. The normalized spacial score (nSPS) is 12.6. The molecule has 0 aliphatic rings. The molecular formula is C11H8ClF3O2. The van der Waals surface area contributed by atoms with Gasteiger partial charge in [0.25, 0.3) is 0 Å². The molecule has 0 amide bonds. The van der Waals surface area contributed by atoms with E-state index in [1.165, 1.54) is 19.1 Å². The van der Waals surface area contributed by atoms with Gasteiger partial charge in [0.2, 0.25) is 0 Å². The molecule has 17 heavy (non-hydrogen) atoms. The molecule has 1 rings (SSSR count). The number of aliphatic carboxylic acids is 1. The fourth-order valence-electron chi connectivity index (χ4n) is 1.18. The molecule has 2 nitrogen and oxygen atoms in total. The number of alkyl halides is 3. The Labute approximate surface area is 100 Å². The highest BCUT2D eigenvalue weighted by Crippen LogP contribution is 2.36. The number of rotatable bonds is 2. The Morgan fingerprint density at radius 1 is 1.41 bits per heavy atom. The summed E-state index contributed by atoms with van der Waals surface area (Å²) in [7, 11) is 0. The van der Waals surface area contributed by atoms with Crippen LogP contribution in [0.3, 0.4) is 0 Å². The van der Waals surface area contributed by atoms with E-state index < -0.39 is 22.7 Å². The molecule has 0 bridgehead atoms. The van der Waals surface area contributed by atoms with Gasteiger partial charge in [0.1, 0.15) is 0 Å². The zero-order chi connectivity index (χ0) is 13.2. The third kappa shape index (κ3) is 3.23.